The zero-order chi connectivity index (χ0) is 9.26. The third kappa shape index (κ3) is 1.35. The molecule has 1 aliphatic rings. The fourth-order valence-electron chi connectivity index (χ4n) is 1.81. The van der Waals surface area contributed by atoms with Crippen LogP contribution in [0.5, 0.6) is 5.75 Å². The van der Waals surface area contributed by atoms with E-state index < -0.39 is 0 Å². The number of para-hydroxylation sites is 1. The number of nitrogens with two attached hydrogens (primary N) is 1. The molecule has 0 spiro atoms. The van der Waals surface area contributed by atoms with Gasteiger partial charge in [-0.15, -0.1) is 0 Å². The molecule has 70 valence electrons. The molecule has 0 unspecified atom stereocenters. The summed E-state index contributed by atoms with van der Waals surface area (Å²) < 4.78 is 5.26. The molecule has 3 heteroatoms. The maximum atomic E-state index is 5.88. The number of anilines is 1. The van der Waals surface area contributed by atoms with E-state index in [1.807, 2.05) is 12.1 Å². The molecule has 1 aromatic rings. The van der Waals surface area contributed by atoms with Crippen molar-refractivity contribution in [1.29, 1.82) is 0 Å². The molecule has 0 saturated heterocycles. The fraction of sp³-hybridized carbons (Fsp3) is 0.400. The molecular weight excluding hydrogens is 164 g/mol. The topological polar surface area (TPSA) is 38.5 Å². The van der Waals surface area contributed by atoms with Crippen LogP contribution in [0.15, 0.2) is 18.2 Å². The van der Waals surface area contributed by atoms with Crippen LogP contribution in [0, 0.1) is 0 Å². The molecule has 0 aromatic heterocycles. The van der Waals surface area contributed by atoms with E-state index in [0.717, 1.165) is 30.8 Å². The fourth-order valence-corrected chi connectivity index (χ4v) is 1.81. The van der Waals surface area contributed by atoms with Gasteiger partial charge in [-0.1, -0.05) is 12.1 Å². The van der Waals surface area contributed by atoms with Crippen LogP contribution in [0.3, 0.4) is 0 Å². The van der Waals surface area contributed by atoms with Crippen LogP contribution >= 0.6 is 0 Å². The molecule has 0 bridgehead atoms. The number of hydrazine groups is 1. The van der Waals surface area contributed by atoms with Crippen molar-refractivity contribution in [2.75, 3.05) is 18.7 Å². The van der Waals surface area contributed by atoms with Gasteiger partial charge in [-0.2, -0.15) is 0 Å². The lowest BCUT2D eigenvalue weighted by Gasteiger charge is -2.28. The van der Waals surface area contributed by atoms with Crippen molar-refractivity contribution >= 4 is 5.69 Å². The van der Waals surface area contributed by atoms with Gasteiger partial charge in [-0.25, -0.2) is 5.84 Å². The number of aryl methyl sites for hydroxylation is 1. The molecular formula is C10H14N2O. The largest absolute Gasteiger partial charge is 0.495 e. The number of hydrogen-bond acceptors (Lipinski definition) is 3. The first-order valence-electron chi connectivity index (χ1n) is 4.51. The lowest BCUT2D eigenvalue weighted by atomic mass is 10.0. The Morgan fingerprint density at radius 3 is 3.08 bits per heavy atom. The highest BCUT2D eigenvalue weighted by Crippen LogP contribution is 2.33. The average molecular weight is 178 g/mol. The van der Waals surface area contributed by atoms with Gasteiger partial charge >= 0.3 is 0 Å². The maximum Gasteiger partial charge on any atom is 0.143 e. The zero-order valence-electron chi connectivity index (χ0n) is 7.79. The van der Waals surface area contributed by atoms with Crippen LogP contribution in [0.2, 0.25) is 0 Å². The highest BCUT2D eigenvalue weighted by atomic mass is 16.5. The molecule has 1 heterocycles. The first-order valence-corrected chi connectivity index (χ1v) is 4.51. The van der Waals surface area contributed by atoms with Gasteiger partial charge in [-0.05, 0) is 24.5 Å². The summed E-state index contributed by atoms with van der Waals surface area (Å²) in [6.45, 7) is 0.910. The Morgan fingerprint density at radius 2 is 2.31 bits per heavy atom. The van der Waals surface area contributed by atoms with E-state index in [1.54, 1.807) is 12.1 Å². The van der Waals surface area contributed by atoms with E-state index >= 15 is 0 Å². The summed E-state index contributed by atoms with van der Waals surface area (Å²) in [6, 6.07) is 6.07. The quantitative estimate of drug-likeness (QED) is 0.659. The maximum absolute atomic E-state index is 5.88. The Kier molecular flexibility index (Phi) is 2.10. The van der Waals surface area contributed by atoms with Crippen molar-refractivity contribution in [2.24, 2.45) is 5.84 Å². The molecule has 2 rings (SSSR count). The van der Waals surface area contributed by atoms with Gasteiger partial charge in [0.1, 0.15) is 5.75 Å². The minimum absolute atomic E-state index is 0.875. The Morgan fingerprint density at radius 1 is 1.46 bits per heavy atom. The van der Waals surface area contributed by atoms with Crippen LogP contribution in [0.4, 0.5) is 5.69 Å². The van der Waals surface area contributed by atoms with Crippen molar-refractivity contribution in [3.63, 3.8) is 0 Å². The van der Waals surface area contributed by atoms with Crippen LogP contribution in [0.25, 0.3) is 0 Å². The normalized spacial score (nSPS) is 15.4. The van der Waals surface area contributed by atoms with Crippen LogP contribution in [-0.2, 0) is 6.42 Å². The first kappa shape index (κ1) is 8.38. The van der Waals surface area contributed by atoms with Crippen molar-refractivity contribution in [3.8, 4) is 5.75 Å². The third-order valence-corrected chi connectivity index (χ3v) is 2.43. The minimum Gasteiger partial charge on any atom is -0.495 e. The number of benzene rings is 1. The molecule has 3 nitrogen and oxygen atoms in total. The molecule has 0 atom stereocenters. The van der Waals surface area contributed by atoms with Gasteiger partial charge in [0.15, 0.2) is 0 Å². The Balaban J connectivity index is 2.50. The molecule has 13 heavy (non-hydrogen) atoms. The number of methoxy groups -OCH3 is 1. The second-order valence-electron chi connectivity index (χ2n) is 3.26. The molecule has 0 saturated carbocycles. The van der Waals surface area contributed by atoms with Crippen LogP contribution in [0.1, 0.15) is 12.0 Å². The lowest BCUT2D eigenvalue weighted by molar-refractivity contribution is 0.412. The van der Waals surface area contributed by atoms with Crippen LogP contribution in [-0.4, -0.2) is 13.7 Å². The van der Waals surface area contributed by atoms with Crippen molar-refractivity contribution < 1.29 is 4.74 Å². The Bertz CT molecular complexity index is 298. The number of hydrogen-bond donors (Lipinski definition) is 1. The van der Waals surface area contributed by atoms with E-state index in [-0.39, 0.29) is 0 Å². The number of rotatable bonds is 1. The van der Waals surface area contributed by atoms with Crippen molar-refractivity contribution in [1.82, 2.24) is 0 Å². The van der Waals surface area contributed by atoms with Gasteiger partial charge in [0, 0.05) is 6.54 Å². The molecule has 0 amide bonds. The standard InChI is InChI=1S/C10H14N2O/c1-13-9-6-2-4-8-5-3-7-12(11)10(8)9/h2,4,6H,3,5,7,11H2,1H3. The highest BCUT2D eigenvalue weighted by molar-refractivity contribution is 5.64. The van der Waals surface area contributed by atoms with E-state index in [2.05, 4.69) is 6.07 Å². The summed E-state index contributed by atoms with van der Waals surface area (Å²) >= 11 is 0. The summed E-state index contributed by atoms with van der Waals surface area (Å²) in [7, 11) is 1.68. The Labute approximate surface area is 78.1 Å². The van der Waals surface area contributed by atoms with Gasteiger partial charge in [-0.3, -0.25) is 0 Å². The molecule has 0 radical (unpaired) electrons. The molecule has 2 N–H and O–H groups in total. The van der Waals surface area contributed by atoms with Gasteiger partial charge in [0.05, 0.1) is 12.8 Å². The summed E-state index contributed by atoms with van der Waals surface area (Å²) in [6.07, 6.45) is 2.22. The van der Waals surface area contributed by atoms with Crippen LogP contribution < -0.4 is 15.6 Å². The second kappa shape index (κ2) is 3.26. The summed E-state index contributed by atoms with van der Waals surface area (Å²) in [4.78, 5) is 0. The van der Waals surface area contributed by atoms with E-state index in [4.69, 9.17) is 10.6 Å². The SMILES string of the molecule is COc1cccc2c1N(N)CCC2. The predicted molar refractivity (Wildman–Crippen MR) is 52.8 cm³/mol. The number of fused-ring (bicyclic) bond motifs is 1. The summed E-state index contributed by atoms with van der Waals surface area (Å²) in [5.41, 5.74) is 2.34. The number of ether oxygens (including phenoxy) is 1. The van der Waals surface area contributed by atoms with Gasteiger partial charge < -0.3 is 9.75 Å². The van der Waals surface area contributed by atoms with E-state index in [1.165, 1.54) is 5.56 Å². The molecule has 1 aromatic carbocycles. The summed E-state index contributed by atoms with van der Waals surface area (Å²) in [5, 5.41) is 1.78. The molecule has 0 fully saturated rings. The Hall–Kier alpha value is -1.22. The van der Waals surface area contributed by atoms with E-state index in [0.29, 0.717) is 0 Å². The third-order valence-electron chi connectivity index (χ3n) is 2.43. The zero-order valence-corrected chi connectivity index (χ0v) is 7.79. The van der Waals surface area contributed by atoms with E-state index in [9.17, 15) is 0 Å². The lowest BCUT2D eigenvalue weighted by Crippen LogP contribution is -2.35. The van der Waals surface area contributed by atoms with Gasteiger partial charge in [0.25, 0.3) is 0 Å². The van der Waals surface area contributed by atoms with Crippen molar-refractivity contribution in [3.05, 3.63) is 23.8 Å². The van der Waals surface area contributed by atoms with Crippen molar-refractivity contribution in [2.45, 2.75) is 12.8 Å². The number of nitrogens with zero attached hydrogens (tertiary/aromatic N) is 1. The minimum atomic E-state index is 0.875. The smallest absolute Gasteiger partial charge is 0.143 e. The molecule has 0 aliphatic carbocycles. The monoisotopic (exact) mass is 178 g/mol. The molecule has 1 aliphatic heterocycles. The predicted octanol–water partition coefficient (Wildman–Crippen LogP) is 1.32. The summed E-state index contributed by atoms with van der Waals surface area (Å²) in [5.74, 6) is 6.75. The highest BCUT2D eigenvalue weighted by Gasteiger charge is 2.17. The first-order chi connectivity index (χ1) is 6.33. The average Bonchev–Trinajstić information content (AvgIpc) is 2.17. The van der Waals surface area contributed by atoms with Gasteiger partial charge in [0.2, 0.25) is 0 Å². The second-order valence-corrected chi connectivity index (χ2v) is 3.26.